The van der Waals surface area contributed by atoms with Gasteiger partial charge in [0.05, 0.1) is 18.8 Å². The van der Waals surface area contributed by atoms with Crippen molar-refractivity contribution in [3.05, 3.63) is 35.9 Å². The first-order valence-electron chi connectivity index (χ1n) is 4.30. The third-order valence-corrected chi connectivity index (χ3v) is 1.44. The summed E-state index contributed by atoms with van der Waals surface area (Å²) >= 11 is 0. The molecule has 0 unspecified atom stereocenters. The molecule has 1 rings (SSSR count). The van der Waals surface area contributed by atoms with Gasteiger partial charge in [0.15, 0.2) is 0 Å². The Bertz CT molecular complexity index is 274. The summed E-state index contributed by atoms with van der Waals surface area (Å²) in [5, 5.41) is 32.4. The Hall–Kier alpha value is -0.430. The fourth-order valence-electron chi connectivity index (χ4n) is 0.638. The molecule has 0 bridgehead atoms. The van der Waals surface area contributed by atoms with E-state index in [1.807, 2.05) is 0 Å². The molecule has 0 aliphatic heterocycles. The van der Waals surface area contributed by atoms with Crippen molar-refractivity contribution in [2.75, 3.05) is 13.2 Å². The molecular weight excluding hydrogens is 223 g/mol. The predicted octanol–water partition coefficient (Wildman–Crippen LogP) is -0.664. The van der Waals surface area contributed by atoms with Gasteiger partial charge in [-0.15, -0.1) is 0 Å². The number of aliphatic hydroxyl groups is 3. The summed E-state index contributed by atoms with van der Waals surface area (Å²) in [7, 11) is 0. The van der Waals surface area contributed by atoms with Crippen molar-refractivity contribution in [1.82, 2.24) is 0 Å². The molecule has 5 nitrogen and oxygen atoms in total. The van der Waals surface area contributed by atoms with Gasteiger partial charge >= 0.3 is 5.97 Å². The van der Waals surface area contributed by atoms with Gasteiger partial charge in [0, 0.05) is 29.6 Å². The van der Waals surface area contributed by atoms with Gasteiger partial charge in [0.1, 0.15) is 6.10 Å². The molecule has 6 heteroatoms. The van der Waals surface area contributed by atoms with Gasteiger partial charge in [-0.1, -0.05) is 18.2 Å². The molecule has 0 aliphatic carbocycles. The third kappa shape index (κ3) is 8.84. The number of carboxylic acids is 1. The predicted molar refractivity (Wildman–Crippen MR) is 59.3 cm³/mol. The minimum absolute atomic E-state index is 0. The third-order valence-electron chi connectivity index (χ3n) is 1.44. The van der Waals surface area contributed by atoms with Gasteiger partial charge in [-0.2, -0.15) is 0 Å². The van der Waals surface area contributed by atoms with Crippen molar-refractivity contribution in [1.29, 1.82) is 0 Å². The molecule has 0 atom stereocenters. The Kier molecular flexibility index (Phi) is 12.4. The molecule has 0 saturated carbocycles. The van der Waals surface area contributed by atoms with Crippen molar-refractivity contribution in [3.63, 3.8) is 0 Å². The van der Waals surface area contributed by atoms with Crippen molar-refractivity contribution >= 4 is 35.5 Å². The van der Waals surface area contributed by atoms with E-state index in [4.69, 9.17) is 20.4 Å². The molecule has 0 amide bonds. The van der Waals surface area contributed by atoms with Gasteiger partial charge in [-0.05, 0) is 12.1 Å². The number of hydrogen-bond acceptors (Lipinski definition) is 4. The molecule has 0 aromatic heterocycles. The Morgan fingerprint density at radius 1 is 1.12 bits per heavy atom. The minimum atomic E-state index is -0.954. The molecule has 1 aromatic carbocycles. The number of benzene rings is 1. The number of rotatable bonds is 3. The Balaban J connectivity index is 0. The smallest absolute Gasteiger partial charge is 0.335 e. The maximum atomic E-state index is 10.2. The van der Waals surface area contributed by atoms with Gasteiger partial charge in [-0.25, -0.2) is 4.79 Å². The molecule has 0 aliphatic rings. The number of hydrogen-bond donors (Lipinski definition) is 4. The summed E-state index contributed by atoms with van der Waals surface area (Å²) in [6, 6.07) is 8.30. The van der Waals surface area contributed by atoms with Crippen molar-refractivity contribution in [2.45, 2.75) is 6.10 Å². The second-order valence-corrected chi connectivity index (χ2v) is 2.69. The van der Waals surface area contributed by atoms with Crippen LogP contribution in [0.4, 0.5) is 0 Å². The molecule has 0 spiro atoms. The fourth-order valence-corrected chi connectivity index (χ4v) is 0.638. The van der Waals surface area contributed by atoms with E-state index in [1.165, 1.54) is 0 Å². The molecule has 4 N–H and O–H groups in total. The first-order valence-corrected chi connectivity index (χ1v) is 4.30. The van der Waals surface area contributed by atoms with E-state index in [1.54, 1.807) is 30.3 Å². The summed E-state index contributed by atoms with van der Waals surface area (Å²) in [5.74, 6) is -0.879. The van der Waals surface area contributed by atoms with Crippen LogP contribution < -0.4 is 0 Å². The maximum Gasteiger partial charge on any atom is 0.335 e. The topological polar surface area (TPSA) is 98.0 Å². The zero-order chi connectivity index (χ0) is 11.7. The fraction of sp³-hybridized carbons (Fsp3) is 0.300. The van der Waals surface area contributed by atoms with Gasteiger partial charge < -0.3 is 20.4 Å². The Morgan fingerprint density at radius 2 is 1.56 bits per heavy atom. The summed E-state index contributed by atoms with van der Waals surface area (Å²) < 4.78 is 0. The summed E-state index contributed by atoms with van der Waals surface area (Å²) in [4.78, 5) is 10.2. The number of aliphatic hydroxyl groups excluding tert-OH is 3. The van der Waals surface area contributed by atoms with Gasteiger partial charge in [0.2, 0.25) is 0 Å². The zero-order valence-corrected chi connectivity index (χ0v) is 11.1. The molecule has 0 heterocycles. The minimum Gasteiger partial charge on any atom is -0.478 e. The van der Waals surface area contributed by atoms with Crippen LogP contribution in [0.15, 0.2) is 30.3 Å². The standard InChI is InChI=1S/C7H6O2.C3H8O3.Na/c8-7(9)6-4-2-1-3-5-6;4-1-3(6)2-5;/h1-5H,(H,8,9);3-6H,1-2H2;. The summed E-state index contributed by atoms with van der Waals surface area (Å²) in [6.45, 7) is -0.729. The van der Waals surface area contributed by atoms with E-state index >= 15 is 0 Å². The zero-order valence-electron chi connectivity index (χ0n) is 9.08. The van der Waals surface area contributed by atoms with Crippen LogP contribution in [0.25, 0.3) is 0 Å². The van der Waals surface area contributed by atoms with E-state index in [2.05, 4.69) is 0 Å². The van der Waals surface area contributed by atoms with E-state index in [-0.39, 0.29) is 42.8 Å². The van der Waals surface area contributed by atoms with Gasteiger partial charge in [0.25, 0.3) is 0 Å². The molecule has 1 radical (unpaired) electrons. The average molecular weight is 237 g/mol. The second-order valence-electron chi connectivity index (χ2n) is 2.69. The average Bonchev–Trinajstić information content (AvgIpc) is 2.30. The molecule has 1 aromatic rings. The number of carbonyl (C=O) groups is 1. The Morgan fingerprint density at radius 3 is 1.75 bits per heavy atom. The quantitative estimate of drug-likeness (QED) is 0.523. The van der Waals surface area contributed by atoms with E-state index in [9.17, 15) is 4.79 Å². The summed E-state index contributed by atoms with van der Waals surface area (Å²) in [6.07, 6.45) is -0.954. The van der Waals surface area contributed by atoms with Crippen LogP contribution in [0.5, 0.6) is 0 Å². The van der Waals surface area contributed by atoms with Crippen LogP contribution in [-0.2, 0) is 0 Å². The monoisotopic (exact) mass is 237 g/mol. The molecule has 85 valence electrons. The molecule has 0 fully saturated rings. The van der Waals surface area contributed by atoms with Gasteiger partial charge in [-0.3, -0.25) is 0 Å². The number of carboxylic acid groups (broad SMARTS) is 1. The first-order chi connectivity index (χ1) is 7.11. The summed E-state index contributed by atoms with van der Waals surface area (Å²) in [5.41, 5.74) is 0.331. The molecule has 0 saturated heterocycles. The van der Waals surface area contributed by atoms with Crippen LogP contribution in [0.3, 0.4) is 0 Å². The largest absolute Gasteiger partial charge is 0.478 e. The van der Waals surface area contributed by atoms with Crippen molar-refractivity contribution in [3.8, 4) is 0 Å². The number of aromatic carboxylic acids is 1. The first kappa shape index (κ1) is 17.9. The normalized spacial score (nSPS) is 8.75. The van der Waals surface area contributed by atoms with E-state index in [0.29, 0.717) is 5.56 Å². The van der Waals surface area contributed by atoms with E-state index < -0.39 is 12.1 Å². The second kappa shape index (κ2) is 11.1. The SMILES string of the molecule is O=C(O)c1ccccc1.OCC(O)CO.[Na]. The van der Waals surface area contributed by atoms with Crippen LogP contribution in [0, 0.1) is 0 Å². The van der Waals surface area contributed by atoms with Crippen molar-refractivity contribution < 1.29 is 25.2 Å². The molecule has 16 heavy (non-hydrogen) atoms. The van der Waals surface area contributed by atoms with Crippen LogP contribution >= 0.6 is 0 Å². The Labute approximate surface area is 116 Å². The van der Waals surface area contributed by atoms with Crippen LogP contribution in [-0.4, -0.2) is 75.3 Å². The maximum absolute atomic E-state index is 10.2. The van der Waals surface area contributed by atoms with E-state index in [0.717, 1.165) is 0 Å². The van der Waals surface area contributed by atoms with Crippen LogP contribution in [0.2, 0.25) is 0 Å². The molecular formula is C10H14NaO5. The van der Waals surface area contributed by atoms with Crippen LogP contribution in [0.1, 0.15) is 10.4 Å². The van der Waals surface area contributed by atoms with Crippen molar-refractivity contribution in [2.24, 2.45) is 0 Å².